The first-order valence-electron chi connectivity index (χ1n) is 9.16. The number of amides is 2. The molecule has 0 radical (unpaired) electrons. The van der Waals surface area contributed by atoms with Gasteiger partial charge in [0.25, 0.3) is 5.91 Å². The van der Waals surface area contributed by atoms with E-state index in [1.165, 1.54) is 4.68 Å². The largest absolute Gasteiger partial charge is 0.340 e. The van der Waals surface area contributed by atoms with E-state index in [9.17, 15) is 18.4 Å². The molecular weight excluding hydrogens is 394 g/mol. The van der Waals surface area contributed by atoms with Gasteiger partial charge in [-0.2, -0.15) is 0 Å². The monoisotopic (exact) mass is 414 g/mol. The highest BCUT2D eigenvalue weighted by molar-refractivity contribution is 6.01. The van der Waals surface area contributed by atoms with Gasteiger partial charge < -0.3 is 10.6 Å². The summed E-state index contributed by atoms with van der Waals surface area (Å²) in [6, 6.07) is 8.96. The van der Waals surface area contributed by atoms with E-state index in [-0.39, 0.29) is 5.92 Å². The Hall–Kier alpha value is -3.69. The first-order valence-corrected chi connectivity index (χ1v) is 9.16. The van der Waals surface area contributed by atoms with Crippen molar-refractivity contribution in [2.24, 2.45) is 13.0 Å². The summed E-state index contributed by atoms with van der Waals surface area (Å²) in [5.41, 5.74) is 0.407. The first-order chi connectivity index (χ1) is 14.3. The Morgan fingerprint density at radius 2 is 1.73 bits per heavy atom. The third-order valence-corrected chi connectivity index (χ3v) is 4.43. The number of benzene rings is 2. The standard InChI is InChI=1S/C20H20F2N6O2/c1-11(2)17(24-19(29)16-14(21)8-5-9-15(16)22)20(30)23-13-7-4-6-12(10-13)18-25-26-27-28(18)3/h4-11,17H,1-3H3,(H,23,30)(H,24,29). The molecule has 2 aromatic carbocycles. The molecular formula is C20H20F2N6O2. The molecule has 1 unspecified atom stereocenters. The summed E-state index contributed by atoms with van der Waals surface area (Å²) < 4.78 is 29.3. The van der Waals surface area contributed by atoms with Crippen LogP contribution in [-0.4, -0.2) is 38.1 Å². The number of carbonyl (C=O) groups is 2. The molecule has 0 saturated carbocycles. The normalized spacial score (nSPS) is 11.9. The van der Waals surface area contributed by atoms with Crippen LogP contribution >= 0.6 is 0 Å². The second kappa shape index (κ2) is 8.76. The summed E-state index contributed by atoms with van der Waals surface area (Å²) in [6.45, 7) is 3.42. The topological polar surface area (TPSA) is 102 Å². The van der Waals surface area contributed by atoms with Crippen LogP contribution in [0.5, 0.6) is 0 Å². The number of carbonyl (C=O) groups excluding carboxylic acids is 2. The minimum atomic E-state index is -1.02. The highest BCUT2D eigenvalue weighted by atomic mass is 19.1. The van der Waals surface area contributed by atoms with Crippen LogP contribution in [0.25, 0.3) is 11.4 Å². The number of anilines is 1. The summed E-state index contributed by atoms with van der Waals surface area (Å²) in [7, 11) is 1.69. The van der Waals surface area contributed by atoms with Gasteiger partial charge in [0.05, 0.1) is 0 Å². The van der Waals surface area contributed by atoms with Crippen LogP contribution < -0.4 is 10.6 Å². The van der Waals surface area contributed by atoms with E-state index in [1.54, 1.807) is 45.2 Å². The molecule has 0 aliphatic rings. The molecule has 8 nitrogen and oxygen atoms in total. The molecule has 1 aromatic heterocycles. The molecule has 3 rings (SSSR count). The minimum absolute atomic E-state index is 0.338. The van der Waals surface area contributed by atoms with Gasteiger partial charge in [-0.1, -0.05) is 32.0 Å². The summed E-state index contributed by atoms with van der Waals surface area (Å²) in [6.07, 6.45) is 0. The smallest absolute Gasteiger partial charge is 0.257 e. The Kier molecular flexibility index (Phi) is 6.14. The van der Waals surface area contributed by atoms with Crippen molar-refractivity contribution >= 4 is 17.5 Å². The number of hydrogen-bond acceptors (Lipinski definition) is 5. The predicted molar refractivity (Wildman–Crippen MR) is 105 cm³/mol. The molecule has 3 aromatic rings. The zero-order valence-corrected chi connectivity index (χ0v) is 16.6. The molecule has 0 spiro atoms. The fourth-order valence-corrected chi connectivity index (χ4v) is 2.89. The van der Waals surface area contributed by atoms with Gasteiger partial charge in [0.2, 0.25) is 5.91 Å². The summed E-state index contributed by atoms with van der Waals surface area (Å²) in [5, 5.41) is 16.4. The van der Waals surface area contributed by atoms with Gasteiger partial charge in [-0.3, -0.25) is 9.59 Å². The Morgan fingerprint density at radius 1 is 1.07 bits per heavy atom. The van der Waals surface area contributed by atoms with E-state index in [2.05, 4.69) is 26.2 Å². The lowest BCUT2D eigenvalue weighted by molar-refractivity contribution is -0.118. The van der Waals surface area contributed by atoms with Crippen molar-refractivity contribution in [2.45, 2.75) is 19.9 Å². The van der Waals surface area contributed by atoms with Crippen molar-refractivity contribution in [1.82, 2.24) is 25.5 Å². The second-order valence-electron chi connectivity index (χ2n) is 6.99. The quantitative estimate of drug-likeness (QED) is 0.646. The van der Waals surface area contributed by atoms with Gasteiger partial charge >= 0.3 is 0 Å². The average molecular weight is 414 g/mol. The van der Waals surface area contributed by atoms with Crippen LogP contribution in [0.2, 0.25) is 0 Å². The zero-order valence-electron chi connectivity index (χ0n) is 16.6. The minimum Gasteiger partial charge on any atom is -0.340 e. The lowest BCUT2D eigenvalue weighted by Crippen LogP contribution is -2.47. The fourth-order valence-electron chi connectivity index (χ4n) is 2.89. The fraction of sp³-hybridized carbons (Fsp3) is 0.250. The van der Waals surface area contributed by atoms with Crippen LogP contribution in [0.4, 0.5) is 14.5 Å². The number of rotatable bonds is 6. The number of tetrazole rings is 1. The number of aryl methyl sites for hydroxylation is 1. The van der Waals surface area contributed by atoms with E-state index >= 15 is 0 Å². The molecule has 2 amide bonds. The maximum absolute atomic E-state index is 13.9. The third kappa shape index (κ3) is 4.48. The second-order valence-corrected chi connectivity index (χ2v) is 6.99. The van der Waals surface area contributed by atoms with Crippen molar-refractivity contribution in [2.75, 3.05) is 5.32 Å². The van der Waals surface area contributed by atoms with Crippen molar-refractivity contribution in [3.63, 3.8) is 0 Å². The Balaban J connectivity index is 1.78. The summed E-state index contributed by atoms with van der Waals surface area (Å²) in [5.74, 6) is -3.35. The van der Waals surface area contributed by atoms with Crippen molar-refractivity contribution in [3.05, 3.63) is 59.7 Å². The lowest BCUT2D eigenvalue weighted by Gasteiger charge is -2.22. The van der Waals surface area contributed by atoms with Crippen LogP contribution in [-0.2, 0) is 11.8 Å². The molecule has 0 aliphatic carbocycles. The SMILES string of the molecule is CC(C)C(NC(=O)c1c(F)cccc1F)C(=O)Nc1cccc(-c2nnnn2C)c1. The highest BCUT2D eigenvalue weighted by Gasteiger charge is 2.27. The average Bonchev–Trinajstić information content (AvgIpc) is 3.11. The van der Waals surface area contributed by atoms with Gasteiger partial charge in [0.1, 0.15) is 23.2 Å². The Labute approximate surface area is 171 Å². The number of halogens is 2. The number of nitrogens with one attached hydrogen (secondary N) is 2. The predicted octanol–water partition coefficient (Wildman–Crippen LogP) is 2.55. The maximum atomic E-state index is 13.9. The van der Waals surface area contributed by atoms with E-state index in [1.807, 2.05) is 0 Å². The Bertz CT molecular complexity index is 1060. The van der Waals surface area contributed by atoms with Crippen LogP contribution in [0, 0.1) is 17.6 Å². The first kappa shape index (κ1) is 21.0. The van der Waals surface area contributed by atoms with Gasteiger partial charge in [-0.05, 0) is 40.6 Å². The van der Waals surface area contributed by atoms with E-state index < -0.39 is 35.1 Å². The lowest BCUT2D eigenvalue weighted by atomic mass is 10.0. The summed E-state index contributed by atoms with van der Waals surface area (Å²) in [4.78, 5) is 25.2. The molecule has 0 bridgehead atoms. The van der Waals surface area contributed by atoms with Crippen molar-refractivity contribution < 1.29 is 18.4 Å². The van der Waals surface area contributed by atoms with Gasteiger partial charge in [0.15, 0.2) is 5.82 Å². The van der Waals surface area contributed by atoms with Crippen molar-refractivity contribution in [1.29, 1.82) is 0 Å². The van der Waals surface area contributed by atoms with Gasteiger partial charge in [0, 0.05) is 18.3 Å². The molecule has 2 N–H and O–H groups in total. The molecule has 1 atom stereocenters. The summed E-state index contributed by atoms with van der Waals surface area (Å²) >= 11 is 0. The maximum Gasteiger partial charge on any atom is 0.257 e. The zero-order chi connectivity index (χ0) is 21.8. The third-order valence-electron chi connectivity index (χ3n) is 4.43. The van der Waals surface area contributed by atoms with E-state index in [0.29, 0.717) is 17.1 Å². The number of hydrogen-bond donors (Lipinski definition) is 2. The molecule has 0 aliphatic heterocycles. The van der Waals surface area contributed by atoms with Crippen LogP contribution in [0.3, 0.4) is 0 Å². The molecule has 0 fully saturated rings. The van der Waals surface area contributed by atoms with E-state index in [0.717, 1.165) is 18.2 Å². The molecule has 10 heteroatoms. The number of nitrogens with zero attached hydrogens (tertiary/aromatic N) is 4. The molecule has 30 heavy (non-hydrogen) atoms. The van der Waals surface area contributed by atoms with Crippen molar-refractivity contribution in [3.8, 4) is 11.4 Å². The van der Waals surface area contributed by atoms with Crippen LogP contribution in [0.1, 0.15) is 24.2 Å². The number of aromatic nitrogens is 4. The highest BCUT2D eigenvalue weighted by Crippen LogP contribution is 2.20. The Morgan fingerprint density at radius 3 is 2.33 bits per heavy atom. The molecule has 1 heterocycles. The van der Waals surface area contributed by atoms with E-state index in [4.69, 9.17) is 0 Å². The molecule has 0 saturated heterocycles. The van der Waals surface area contributed by atoms with Crippen LogP contribution in [0.15, 0.2) is 42.5 Å². The van der Waals surface area contributed by atoms with Gasteiger partial charge in [-0.15, -0.1) is 5.10 Å². The molecule has 156 valence electrons. The van der Waals surface area contributed by atoms with Gasteiger partial charge in [-0.25, -0.2) is 13.5 Å².